The Balaban J connectivity index is 1.98. The van der Waals surface area contributed by atoms with E-state index < -0.39 is 5.60 Å². The summed E-state index contributed by atoms with van der Waals surface area (Å²) in [5, 5.41) is 8.54. The van der Waals surface area contributed by atoms with Crippen molar-refractivity contribution in [2.24, 2.45) is 0 Å². The number of methoxy groups -OCH3 is 1. The van der Waals surface area contributed by atoms with Crippen molar-refractivity contribution in [2.75, 3.05) is 20.3 Å². The predicted octanol–water partition coefficient (Wildman–Crippen LogP) is 2.05. The second-order valence-electron chi connectivity index (χ2n) is 4.27. The molecular formula is C12H12ClN3O3. The molecule has 1 unspecified atom stereocenters. The van der Waals surface area contributed by atoms with Crippen LogP contribution in [0.5, 0.6) is 0 Å². The summed E-state index contributed by atoms with van der Waals surface area (Å²) in [6.07, 6.45) is 3.84. The number of pyridine rings is 1. The van der Waals surface area contributed by atoms with Crippen molar-refractivity contribution in [3.05, 3.63) is 29.4 Å². The van der Waals surface area contributed by atoms with Crippen molar-refractivity contribution < 1.29 is 13.9 Å². The first-order chi connectivity index (χ1) is 9.25. The minimum absolute atomic E-state index is 0.353. The van der Waals surface area contributed by atoms with Gasteiger partial charge in [0.1, 0.15) is 0 Å². The highest BCUT2D eigenvalue weighted by atomic mass is 35.5. The number of aromatic nitrogens is 3. The first-order valence-corrected chi connectivity index (χ1v) is 6.20. The molecule has 3 rings (SSSR count). The van der Waals surface area contributed by atoms with Crippen LogP contribution >= 0.6 is 11.6 Å². The summed E-state index contributed by atoms with van der Waals surface area (Å²) >= 11 is 6.05. The topological polar surface area (TPSA) is 70.3 Å². The van der Waals surface area contributed by atoms with Gasteiger partial charge in [-0.25, -0.2) is 0 Å². The van der Waals surface area contributed by atoms with Crippen LogP contribution in [0.1, 0.15) is 12.3 Å². The second-order valence-corrected chi connectivity index (χ2v) is 4.68. The van der Waals surface area contributed by atoms with Crippen LogP contribution in [0.25, 0.3) is 11.5 Å². The molecule has 3 heterocycles. The van der Waals surface area contributed by atoms with Gasteiger partial charge in [-0.2, -0.15) is 0 Å². The average molecular weight is 282 g/mol. The smallest absolute Gasteiger partial charge is 0.251 e. The van der Waals surface area contributed by atoms with E-state index in [1.54, 1.807) is 19.4 Å². The van der Waals surface area contributed by atoms with E-state index in [2.05, 4.69) is 15.2 Å². The lowest BCUT2D eigenvalue weighted by Crippen LogP contribution is -2.29. The minimum Gasteiger partial charge on any atom is -0.417 e. The Labute approximate surface area is 114 Å². The fourth-order valence-corrected chi connectivity index (χ4v) is 2.23. The molecule has 0 saturated carbocycles. The molecule has 7 heteroatoms. The van der Waals surface area contributed by atoms with Gasteiger partial charge in [0, 0.05) is 25.9 Å². The molecule has 19 heavy (non-hydrogen) atoms. The summed E-state index contributed by atoms with van der Waals surface area (Å²) in [7, 11) is 1.61. The highest BCUT2D eigenvalue weighted by Gasteiger charge is 2.42. The molecule has 1 saturated heterocycles. The van der Waals surface area contributed by atoms with Crippen molar-refractivity contribution in [3.63, 3.8) is 0 Å². The van der Waals surface area contributed by atoms with Gasteiger partial charge in [0.25, 0.3) is 5.89 Å². The molecule has 1 atom stereocenters. The Morgan fingerprint density at radius 3 is 3.00 bits per heavy atom. The van der Waals surface area contributed by atoms with Crippen molar-refractivity contribution in [1.29, 1.82) is 0 Å². The van der Waals surface area contributed by atoms with Gasteiger partial charge in [0.05, 0.1) is 23.8 Å². The number of ether oxygens (including phenoxy) is 2. The predicted molar refractivity (Wildman–Crippen MR) is 66.7 cm³/mol. The lowest BCUT2D eigenvalue weighted by molar-refractivity contribution is -0.0407. The van der Waals surface area contributed by atoms with Gasteiger partial charge in [-0.1, -0.05) is 11.6 Å². The van der Waals surface area contributed by atoms with E-state index in [1.165, 1.54) is 6.20 Å². The van der Waals surface area contributed by atoms with Crippen LogP contribution in [0.3, 0.4) is 0 Å². The normalized spacial score (nSPS) is 22.8. The maximum absolute atomic E-state index is 6.05. The van der Waals surface area contributed by atoms with Crippen molar-refractivity contribution >= 4 is 11.6 Å². The Morgan fingerprint density at radius 1 is 1.42 bits per heavy atom. The minimum atomic E-state index is -0.648. The molecule has 0 amide bonds. The van der Waals surface area contributed by atoms with E-state index in [0.29, 0.717) is 42.0 Å². The third kappa shape index (κ3) is 2.11. The van der Waals surface area contributed by atoms with E-state index in [0.717, 1.165) is 0 Å². The number of nitrogens with zero attached hydrogens (tertiary/aromatic N) is 3. The molecule has 2 aromatic heterocycles. The molecule has 0 bridgehead atoms. The van der Waals surface area contributed by atoms with Crippen LogP contribution in [0.15, 0.2) is 22.9 Å². The van der Waals surface area contributed by atoms with Crippen LogP contribution < -0.4 is 0 Å². The van der Waals surface area contributed by atoms with Crippen LogP contribution in [0.4, 0.5) is 0 Å². The van der Waals surface area contributed by atoms with Crippen LogP contribution in [-0.4, -0.2) is 35.5 Å². The quantitative estimate of drug-likeness (QED) is 0.857. The highest BCUT2D eigenvalue weighted by molar-refractivity contribution is 6.32. The summed E-state index contributed by atoms with van der Waals surface area (Å²) in [6.45, 7) is 1.02. The monoisotopic (exact) mass is 281 g/mol. The molecule has 1 fully saturated rings. The third-order valence-corrected chi connectivity index (χ3v) is 3.50. The summed E-state index contributed by atoms with van der Waals surface area (Å²) in [5.41, 5.74) is 0.00526. The largest absolute Gasteiger partial charge is 0.417 e. The highest BCUT2D eigenvalue weighted by Crippen LogP contribution is 2.35. The maximum atomic E-state index is 6.05. The van der Waals surface area contributed by atoms with Crippen molar-refractivity contribution in [1.82, 2.24) is 15.2 Å². The van der Waals surface area contributed by atoms with Gasteiger partial charge < -0.3 is 13.9 Å². The van der Waals surface area contributed by atoms with E-state index in [-0.39, 0.29) is 0 Å². The molecule has 0 N–H and O–H groups in total. The second kappa shape index (κ2) is 4.88. The van der Waals surface area contributed by atoms with Crippen molar-refractivity contribution in [3.8, 4) is 11.5 Å². The molecule has 1 aliphatic rings. The Bertz CT molecular complexity index is 581. The van der Waals surface area contributed by atoms with Crippen LogP contribution in [0, 0.1) is 0 Å². The van der Waals surface area contributed by atoms with E-state index in [9.17, 15) is 0 Å². The van der Waals surface area contributed by atoms with Crippen LogP contribution in [-0.2, 0) is 15.1 Å². The number of halogens is 1. The van der Waals surface area contributed by atoms with Crippen LogP contribution in [0.2, 0.25) is 5.02 Å². The van der Waals surface area contributed by atoms with E-state index in [4.69, 9.17) is 25.5 Å². The number of hydrogen-bond acceptors (Lipinski definition) is 6. The fraction of sp³-hybridized carbons (Fsp3) is 0.417. The maximum Gasteiger partial charge on any atom is 0.251 e. The fourth-order valence-electron chi connectivity index (χ4n) is 2.03. The van der Waals surface area contributed by atoms with Gasteiger partial charge >= 0.3 is 0 Å². The van der Waals surface area contributed by atoms with Gasteiger partial charge in [-0.3, -0.25) is 4.98 Å². The zero-order valence-corrected chi connectivity index (χ0v) is 11.1. The van der Waals surface area contributed by atoms with Gasteiger partial charge in [-0.15, -0.1) is 10.2 Å². The third-order valence-electron chi connectivity index (χ3n) is 3.19. The van der Waals surface area contributed by atoms with Gasteiger partial charge in [0.15, 0.2) is 5.60 Å². The SMILES string of the molecule is COC1(c2nnc(-c3ccncc3Cl)o2)CCOC1. The molecule has 6 nitrogen and oxygen atoms in total. The number of rotatable bonds is 3. The molecule has 0 radical (unpaired) electrons. The number of hydrogen-bond donors (Lipinski definition) is 0. The van der Waals surface area contributed by atoms with E-state index in [1.807, 2.05) is 0 Å². The first kappa shape index (κ1) is 12.5. The summed E-state index contributed by atoms with van der Waals surface area (Å²) in [5.74, 6) is 0.765. The Morgan fingerprint density at radius 2 is 2.32 bits per heavy atom. The lowest BCUT2D eigenvalue weighted by atomic mass is 10.0. The van der Waals surface area contributed by atoms with E-state index >= 15 is 0 Å². The molecule has 0 aromatic carbocycles. The molecule has 1 aliphatic heterocycles. The Hall–Kier alpha value is -1.50. The van der Waals surface area contributed by atoms with Gasteiger partial charge in [0.2, 0.25) is 5.89 Å². The summed E-state index contributed by atoms with van der Waals surface area (Å²) < 4.78 is 16.5. The van der Waals surface area contributed by atoms with Crippen molar-refractivity contribution in [2.45, 2.75) is 12.0 Å². The molecule has 100 valence electrons. The van der Waals surface area contributed by atoms with Gasteiger partial charge in [-0.05, 0) is 6.07 Å². The summed E-state index contributed by atoms with van der Waals surface area (Å²) in [6, 6.07) is 1.73. The zero-order valence-electron chi connectivity index (χ0n) is 10.3. The standard InChI is InChI=1S/C12H12ClN3O3/c1-17-12(3-5-18-7-12)11-16-15-10(19-11)8-2-4-14-6-9(8)13/h2,4,6H,3,5,7H2,1H3. The first-order valence-electron chi connectivity index (χ1n) is 5.82. The average Bonchev–Trinajstić information content (AvgIpc) is 3.09. The molecule has 0 aliphatic carbocycles. The summed E-state index contributed by atoms with van der Waals surface area (Å²) in [4.78, 5) is 3.92. The molecular weight excluding hydrogens is 270 g/mol. The molecule has 2 aromatic rings. The molecule has 0 spiro atoms. The zero-order chi connectivity index (χ0) is 13.3. The lowest BCUT2D eigenvalue weighted by Gasteiger charge is -2.20. The Kier molecular flexibility index (Phi) is 3.22.